The highest BCUT2D eigenvalue weighted by Gasteiger charge is 2.39. The summed E-state index contributed by atoms with van der Waals surface area (Å²) in [6, 6.07) is 0. The Kier molecular flexibility index (Phi) is 2.99. The van der Waals surface area contributed by atoms with Gasteiger partial charge in [-0.05, 0) is 51.6 Å². The monoisotopic (exact) mass is 287 g/mol. The molecule has 0 saturated heterocycles. The van der Waals surface area contributed by atoms with Crippen LogP contribution >= 0.6 is 27.3 Å². The predicted molar refractivity (Wildman–Crippen MR) is 70.1 cm³/mol. The van der Waals surface area contributed by atoms with E-state index in [1.54, 1.807) is 11.3 Å². The zero-order chi connectivity index (χ0) is 11.1. The van der Waals surface area contributed by atoms with Crippen LogP contribution in [0.25, 0.3) is 0 Å². The van der Waals surface area contributed by atoms with Crippen LogP contribution in [-0.2, 0) is 5.54 Å². The van der Waals surface area contributed by atoms with Gasteiger partial charge in [0.1, 0.15) is 0 Å². The van der Waals surface area contributed by atoms with Crippen molar-refractivity contribution in [2.75, 3.05) is 0 Å². The molecule has 84 valence electrons. The standard InChI is InChI=1S/C12H18BrNS/c1-11(2)4-3-5-12(14,8-11)9-6-15-7-10(9)13/h6-7H,3-5,8,14H2,1-2H3. The Bertz CT molecular complexity index is 358. The lowest BCUT2D eigenvalue weighted by Gasteiger charge is -2.42. The van der Waals surface area contributed by atoms with Crippen molar-refractivity contribution >= 4 is 27.3 Å². The third-order valence-corrected chi connectivity index (χ3v) is 5.12. The molecular formula is C12H18BrNS. The molecule has 3 heteroatoms. The Morgan fingerprint density at radius 1 is 1.33 bits per heavy atom. The first kappa shape index (κ1) is 11.6. The van der Waals surface area contributed by atoms with Gasteiger partial charge in [-0.2, -0.15) is 11.3 Å². The summed E-state index contributed by atoms with van der Waals surface area (Å²) in [5.74, 6) is 0. The number of hydrogen-bond acceptors (Lipinski definition) is 2. The van der Waals surface area contributed by atoms with Crippen LogP contribution in [0.1, 0.15) is 45.1 Å². The highest BCUT2D eigenvalue weighted by atomic mass is 79.9. The quantitative estimate of drug-likeness (QED) is 0.820. The second kappa shape index (κ2) is 3.86. The Morgan fingerprint density at radius 2 is 2.07 bits per heavy atom. The summed E-state index contributed by atoms with van der Waals surface area (Å²) in [4.78, 5) is 0. The molecular weight excluding hydrogens is 270 g/mol. The molecule has 1 nitrogen and oxygen atoms in total. The maximum Gasteiger partial charge on any atom is 0.0434 e. The number of halogens is 1. The van der Waals surface area contributed by atoms with Gasteiger partial charge in [0.05, 0.1) is 0 Å². The van der Waals surface area contributed by atoms with E-state index >= 15 is 0 Å². The van der Waals surface area contributed by atoms with E-state index in [2.05, 4.69) is 40.5 Å². The smallest absolute Gasteiger partial charge is 0.0434 e. The maximum absolute atomic E-state index is 6.58. The zero-order valence-electron chi connectivity index (χ0n) is 9.35. The number of nitrogens with two attached hydrogens (primary N) is 1. The van der Waals surface area contributed by atoms with Crippen molar-refractivity contribution in [1.29, 1.82) is 0 Å². The van der Waals surface area contributed by atoms with Crippen LogP contribution in [0.3, 0.4) is 0 Å². The average Bonchev–Trinajstić information content (AvgIpc) is 2.49. The second-order valence-electron chi connectivity index (χ2n) is 5.48. The SMILES string of the molecule is CC1(C)CCCC(N)(c2cscc2Br)C1. The molecule has 1 aliphatic rings. The van der Waals surface area contributed by atoms with Gasteiger partial charge in [0.15, 0.2) is 0 Å². The third-order valence-electron chi connectivity index (χ3n) is 3.42. The zero-order valence-corrected chi connectivity index (χ0v) is 11.7. The predicted octanol–water partition coefficient (Wildman–Crippen LogP) is 4.26. The molecule has 1 unspecified atom stereocenters. The molecule has 2 N–H and O–H groups in total. The summed E-state index contributed by atoms with van der Waals surface area (Å²) >= 11 is 5.34. The molecule has 1 atom stereocenters. The van der Waals surface area contributed by atoms with Gasteiger partial charge in [0.25, 0.3) is 0 Å². The van der Waals surface area contributed by atoms with Crippen molar-refractivity contribution in [3.8, 4) is 0 Å². The Hall–Kier alpha value is 0.140. The fourth-order valence-corrected chi connectivity index (χ4v) is 4.58. The van der Waals surface area contributed by atoms with Gasteiger partial charge in [-0.15, -0.1) is 0 Å². The number of thiophene rings is 1. The number of hydrogen-bond donors (Lipinski definition) is 1. The summed E-state index contributed by atoms with van der Waals surface area (Å²) in [7, 11) is 0. The van der Waals surface area contributed by atoms with Crippen LogP contribution in [0.5, 0.6) is 0 Å². The average molecular weight is 288 g/mol. The van der Waals surface area contributed by atoms with E-state index in [9.17, 15) is 0 Å². The normalized spacial score (nSPS) is 30.4. The van der Waals surface area contributed by atoms with Crippen LogP contribution in [0, 0.1) is 5.41 Å². The summed E-state index contributed by atoms with van der Waals surface area (Å²) in [6.45, 7) is 4.65. The van der Waals surface area contributed by atoms with Crippen LogP contribution in [0.4, 0.5) is 0 Å². The largest absolute Gasteiger partial charge is 0.321 e. The van der Waals surface area contributed by atoms with Crippen molar-refractivity contribution in [3.05, 3.63) is 20.8 Å². The summed E-state index contributed by atoms with van der Waals surface area (Å²) < 4.78 is 1.19. The van der Waals surface area contributed by atoms with Crippen molar-refractivity contribution in [3.63, 3.8) is 0 Å². The molecule has 1 aliphatic carbocycles. The van der Waals surface area contributed by atoms with Gasteiger partial charge < -0.3 is 5.73 Å². The maximum atomic E-state index is 6.58. The Balaban J connectivity index is 2.31. The molecule has 0 spiro atoms. The van der Waals surface area contributed by atoms with E-state index in [0.29, 0.717) is 5.41 Å². The molecule has 0 aliphatic heterocycles. The van der Waals surface area contributed by atoms with Gasteiger partial charge in [-0.25, -0.2) is 0 Å². The minimum Gasteiger partial charge on any atom is -0.321 e. The van der Waals surface area contributed by atoms with E-state index < -0.39 is 0 Å². The third kappa shape index (κ3) is 2.29. The lowest BCUT2D eigenvalue weighted by Crippen LogP contribution is -2.44. The molecule has 0 bridgehead atoms. The first-order valence-corrected chi connectivity index (χ1v) is 7.18. The lowest BCUT2D eigenvalue weighted by atomic mass is 9.66. The molecule has 1 saturated carbocycles. The topological polar surface area (TPSA) is 26.0 Å². The number of rotatable bonds is 1. The van der Waals surface area contributed by atoms with Gasteiger partial charge in [0.2, 0.25) is 0 Å². The van der Waals surface area contributed by atoms with E-state index in [4.69, 9.17) is 5.73 Å². The van der Waals surface area contributed by atoms with Crippen LogP contribution in [-0.4, -0.2) is 0 Å². The van der Waals surface area contributed by atoms with Crippen LogP contribution in [0.2, 0.25) is 0 Å². The fraction of sp³-hybridized carbons (Fsp3) is 0.667. The minimum atomic E-state index is -0.111. The molecule has 1 fully saturated rings. The first-order valence-electron chi connectivity index (χ1n) is 5.44. The van der Waals surface area contributed by atoms with Crippen molar-refractivity contribution in [2.24, 2.45) is 11.1 Å². The molecule has 1 aromatic rings. The van der Waals surface area contributed by atoms with E-state index in [-0.39, 0.29) is 5.54 Å². The fourth-order valence-electron chi connectivity index (χ4n) is 2.78. The lowest BCUT2D eigenvalue weighted by molar-refractivity contribution is 0.151. The van der Waals surface area contributed by atoms with E-state index in [1.807, 2.05) is 0 Å². The van der Waals surface area contributed by atoms with Gasteiger partial charge in [-0.3, -0.25) is 0 Å². The highest BCUT2D eigenvalue weighted by molar-refractivity contribution is 9.10. The Morgan fingerprint density at radius 3 is 2.60 bits per heavy atom. The molecule has 0 amide bonds. The van der Waals surface area contributed by atoms with Gasteiger partial charge in [-0.1, -0.05) is 20.3 Å². The molecule has 2 rings (SSSR count). The summed E-state index contributed by atoms with van der Waals surface area (Å²) in [5.41, 5.74) is 8.16. The molecule has 0 radical (unpaired) electrons. The molecule has 15 heavy (non-hydrogen) atoms. The summed E-state index contributed by atoms with van der Waals surface area (Å²) in [6.07, 6.45) is 4.75. The van der Waals surface area contributed by atoms with Crippen LogP contribution < -0.4 is 5.73 Å². The van der Waals surface area contributed by atoms with E-state index in [0.717, 1.165) is 12.8 Å². The van der Waals surface area contributed by atoms with Crippen molar-refractivity contribution in [2.45, 2.75) is 45.1 Å². The van der Waals surface area contributed by atoms with Crippen LogP contribution in [0.15, 0.2) is 15.2 Å². The van der Waals surface area contributed by atoms with Crippen molar-refractivity contribution in [1.82, 2.24) is 0 Å². The minimum absolute atomic E-state index is 0.111. The van der Waals surface area contributed by atoms with Gasteiger partial charge >= 0.3 is 0 Å². The van der Waals surface area contributed by atoms with Crippen molar-refractivity contribution < 1.29 is 0 Å². The Labute approximate surface area is 104 Å². The highest BCUT2D eigenvalue weighted by Crippen LogP contribution is 2.46. The van der Waals surface area contributed by atoms with E-state index in [1.165, 1.54) is 22.9 Å². The molecule has 1 heterocycles. The summed E-state index contributed by atoms with van der Waals surface area (Å²) in [5, 5.41) is 4.33. The molecule has 1 aromatic heterocycles. The molecule has 0 aromatic carbocycles. The first-order chi connectivity index (χ1) is 6.93. The second-order valence-corrected chi connectivity index (χ2v) is 7.08. The van der Waals surface area contributed by atoms with Gasteiger partial charge in [0, 0.05) is 15.4 Å².